The number of carbonyl (C=O) groups is 1. The van der Waals surface area contributed by atoms with Gasteiger partial charge in [0.2, 0.25) is 5.76 Å². The van der Waals surface area contributed by atoms with Crippen molar-refractivity contribution in [2.45, 2.75) is 4.90 Å². The highest BCUT2D eigenvalue weighted by atomic mass is 79.9. The van der Waals surface area contributed by atoms with Gasteiger partial charge in [-0.25, -0.2) is 22.6 Å². The molecule has 2 rings (SSSR count). The molecule has 20 heavy (non-hydrogen) atoms. The molecule has 2 N–H and O–H groups in total. The number of furan rings is 1. The van der Waals surface area contributed by atoms with E-state index in [4.69, 9.17) is 9.52 Å². The average Bonchev–Trinajstić information content (AvgIpc) is 2.75. The van der Waals surface area contributed by atoms with E-state index in [0.29, 0.717) is 0 Å². The van der Waals surface area contributed by atoms with Gasteiger partial charge >= 0.3 is 5.97 Å². The molecule has 0 aliphatic heterocycles. The summed E-state index contributed by atoms with van der Waals surface area (Å²) in [5.41, 5.74) is 0. The molecule has 0 aliphatic carbocycles. The third-order valence-electron chi connectivity index (χ3n) is 2.12. The molecule has 2 aromatic rings. The van der Waals surface area contributed by atoms with Crippen LogP contribution in [0.2, 0.25) is 0 Å². The Morgan fingerprint density at radius 2 is 2.15 bits per heavy atom. The maximum Gasteiger partial charge on any atom is 0.371 e. The van der Waals surface area contributed by atoms with Crippen LogP contribution in [0.1, 0.15) is 10.6 Å². The number of halogens is 2. The van der Waals surface area contributed by atoms with Crippen LogP contribution in [0.5, 0.6) is 0 Å². The number of pyridine rings is 1. The maximum atomic E-state index is 12.7. The number of sulfonamides is 1. The summed E-state index contributed by atoms with van der Waals surface area (Å²) in [6, 6.07) is 3.00. The van der Waals surface area contributed by atoms with E-state index in [1.54, 1.807) is 0 Å². The topological polar surface area (TPSA) is 110 Å². The fourth-order valence-electron chi connectivity index (χ4n) is 1.27. The largest absolute Gasteiger partial charge is 0.475 e. The molecule has 0 atom stereocenters. The van der Waals surface area contributed by atoms with Crippen molar-refractivity contribution in [3.05, 3.63) is 40.6 Å². The van der Waals surface area contributed by atoms with Crippen LogP contribution in [0.3, 0.4) is 0 Å². The smallest absolute Gasteiger partial charge is 0.371 e. The van der Waals surface area contributed by atoms with Gasteiger partial charge in [-0.05, 0) is 28.1 Å². The van der Waals surface area contributed by atoms with Crippen LogP contribution >= 0.6 is 15.9 Å². The van der Waals surface area contributed by atoms with Crippen LogP contribution in [-0.2, 0) is 10.0 Å². The monoisotopic (exact) mass is 364 g/mol. The zero-order valence-corrected chi connectivity index (χ0v) is 11.9. The van der Waals surface area contributed by atoms with Crippen LogP contribution in [0, 0.1) is 5.82 Å². The van der Waals surface area contributed by atoms with Gasteiger partial charge in [-0.2, -0.15) is 0 Å². The quantitative estimate of drug-likeness (QED) is 0.859. The summed E-state index contributed by atoms with van der Waals surface area (Å²) in [4.78, 5) is 13.8. The predicted octanol–water partition coefficient (Wildman–Crippen LogP) is 2.08. The number of nitrogens with one attached hydrogen (secondary N) is 1. The van der Waals surface area contributed by atoms with E-state index in [-0.39, 0.29) is 10.5 Å². The first-order chi connectivity index (χ1) is 9.29. The molecular formula is C10H6BrFN2O5S. The number of aromatic nitrogens is 1. The van der Waals surface area contributed by atoms with Crippen molar-refractivity contribution in [1.82, 2.24) is 4.98 Å². The molecule has 0 fully saturated rings. The van der Waals surface area contributed by atoms with Crippen molar-refractivity contribution in [1.29, 1.82) is 0 Å². The van der Waals surface area contributed by atoms with Gasteiger partial charge in [0, 0.05) is 6.07 Å². The van der Waals surface area contributed by atoms with E-state index in [9.17, 15) is 17.6 Å². The summed E-state index contributed by atoms with van der Waals surface area (Å²) in [5.74, 6) is -2.68. The summed E-state index contributed by atoms with van der Waals surface area (Å²) >= 11 is 2.82. The number of rotatable bonds is 4. The van der Waals surface area contributed by atoms with Gasteiger partial charge in [-0.1, -0.05) is 0 Å². The van der Waals surface area contributed by atoms with Gasteiger partial charge in [-0.15, -0.1) is 0 Å². The zero-order valence-electron chi connectivity index (χ0n) is 9.50. The Morgan fingerprint density at radius 3 is 2.65 bits per heavy atom. The minimum absolute atomic E-state index is 0.114. The highest BCUT2D eigenvalue weighted by Gasteiger charge is 2.25. The maximum absolute atomic E-state index is 12.7. The number of hydrogen-bond donors (Lipinski definition) is 2. The van der Waals surface area contributed by atoms with Crippen molar-refractivity contribution >= 4 is 37.7 Å². The third-order valence-corrected chi connectivity index (χ3v) is 4.33. The SMILES string of the molecule is O=C(O)c1cc(S(=O)(=O)Nc2ccc(F)cn2)c(Br)o1. The van der Waals surface area contributed by atoms with Crippen molar-refractivity contribution in [2.75, 3.05) is 4.72 Å². The molecule has 7 nitrogen and oxygen atoms in total. The molecule has 2 heterocycles. The van der Waals surface area contributed by atoms with E-state index in [1.807, 2.05) is 0 Å². The second-order valence-corrected chi connectivity index (χ2v) is 5.89. The first kappa shape index (κ1) is 14.5. The molecular weight excluding hydrogens is 359 g/mol. The van der Waals surface area contributed by atoms with Crippen LogP contribution in [0.4, 0.5) is 10.2 Å². The molecule has 0 unspecified atom stereocenters. The lowest BCUT2D eigenvalue weighted by atomic mass is 10.5. The molecule has 0 bridgehead atoms. The fraction of sp³-hybridized carbons (Fsp3) is 0. The second-order valence-electron chi connectivity index (χ2n) is 3.52. The Morgan fingerprint density at radius 1 is 1.45 bits per heavy atom. The Hall–Kier alpha value is -1.94. The second kappa shape index (κ2) is 5.21. The summed E-state index contributed by atoms with van der Waals surface area (Å²) in [6.07, 6.45) is 0.838. The minimum atomic E-state index is -4.11. The lowest BCUT2D eigenvalue weighted by Crippen LogP contribution is -2.13. The number of nitrogens with zero attached hydrogens (tertiary/aromatic N) is 1. The van der Waals surface area contributed by atoms with E-state index < -0.39 is 32.5 Å². The average molecular weight is 365 g/mol. The van der Waals surface area contributed by atoms with Gasteiger partial charge in [0.1, 0.15) is 16.5 Å². The number of carboxylic acids is 1. The van der Waals surface area contributed by atoms with Gasteiger partial charge in [0.05, 0.1) is 6.20 Å². The Kier molecular flexibility index (Phi) is 3.77. The van der Waals surface area contributed by atoms with Crippen molar-refractivity contribution in [3.63, 3.8) is 0 Å². The number of aromatic carboxylic acids is 1. The standard InChI is InChI=1S/C10H6BrFN2O5S/c11-9-7(3-6(19-9)10(15)16)20(17,18)14-8-2-1-5(12)4-13-8/h1-4H,(H,13,14)(H,15,16). The predicted molar refractivity (Wildman–Crippen MR) is 68.4 cm³/mol. The molecule has 106 valence electrons. The number of hydrogen-bond acceptors (Lipinski definition) is 5. The normalized spacial score (nSPS) is 11.3. The molecule has 0 aliphatic rings. The highest BCUT2D eigenvalue weighted by molar-refractivity contribution is 9.10. The first-order valence-corrected chi connectivity index (χ1v) is 7.24. The Balaban J connectivity index is 2.35. The van der Waals surface area contributed by atoms with E-state index >= 15 is 0 Å². The zero-order chi connectivity index (χ0) is 14.9. The molecule has 0 spiro atoms. The summed E-state index contributed by atoms with van der Waals surface area (Å²) in [7, 11) is -4.11. The molecule has 10 heteroatoms. The molecule has 0 saturated heterocycles. The van der Waals surface area contributed by atoms with Crippen molar-refractivity contribution in [3.8, 4) is 0 Å². The summed E-state index contributed by atoms with van der Waals surface area (Å²) < 4.78 is 43.2. The van der Waals surface area contributed by atoms with Crippen LogP contribution in [0.15, 0.2) is 38.4 Å². The van der Waals surface area contributed by atoms with Crippen molar-refractivity contribution < 1.29 is 27.1 Å². The highest BCUT2D eigenvalue weighted by Crippen LogP contribution is 2.27. The molecule has 0 amide bonds. The lowest BCUT2D eigenvalue weighted by molar-refractivity contribution is 0.0661. The van der Waals surface area contributed by atoms with E-state index in [1.165, 1.54) is 0 Å². The van der Waals surface area contributed by atoms with E-state index in [0.717, 1.165) is 24.4 Å². The summed E-state index contributed by atoms with van der Waals surface area (Å²) in [6.45, 7) is 0. The van der Waals surface area contributed by atoms with Crippen LogP contribution in [0.25, 0.3) is 0 Å². The number of anilines is 1. The van der Waals surface area contributed by atoms with Gasteiger partial charge in [0.15, 0.2) is 4.67 Å². The first-order valence-electron chi connectivity index (χ1n) is 4.96. The fourth-order valence-corrected chi connectivity index (χ4v) is 3.22. The minimum Gasteiger partial charge on any atom is -0.475 e. The summed E-state index contributed by atoms with van der Waals surface area (Å²) in [5, 5.41) is 8.72. The van der Waals surface area contributed by atoms with E-state index in [2.05, 4.69) is 25.6 Å². The van der Waals surface area contributed by atoms with Crippen molar-refractivity contribution in [2.24, 2.45) is 0 Å². The van der Waals surface area contributed by atoms with Gasteiger partial charge in [-0.3, -0.25) is 4.72 Å². The molecule has 0 radical (unpaired) electrons. The Bertz CT molecular complexity index is 756. The van der Waals surface area contributed by atoms with Gasteiger partial charge < -0.3 is 9.52 Å². The molecule has 2 aromatic heterocycles. The molecule has 0 aromatic carbocycles. The Labute approximate surface area is 120 Å². The number of carboxylic acid groups (broad SMARTS) is 1. The van der Waals surface area contributed by atoms with Crippen LogP contribution in [-0.4, -0.2) is 24.5 Å². The van der Waals surface area contributed by atoms with Gasteiger partial charge in [0.25, 0.3) is 10.0 Å². The molecule has 0 saturated carbocycles. The third kappa shape index (κ3) is 2.96. The van der Waals surface area contributed by atoms with Crippen LogP contribution < -0.4 is 4.72 Å². The lowest BCUT2D eigenvalue weighted by Gasteiger charge is -2.05.